The second-order valence-corrected chi connectivity index (χ2v) is 6.68. The smallest absolute Gasteiger partial charge is 0.203 e. The number of likely N-dealkylation sites (N-methyl/N-ethyl adjacent to an activating group) is 1. The van der Waals surface area contributed by atoms with E-state index in [1.807, 2.05) is 12.1 Å². The van der Waals surface area contributed by atoms with E-state index in [-0.39, 0.29) is 0 Å². The van der Waals surface area contributed by atoms with E-state index >= 15 is 0 Å². The number of nitrogens with zero attached hydrogens (tertiary/aromatic N) is 1. The lowest BCUT2D eigenvalue weighted by Gasteiger charge is -2.21. The number of hydrogen-bond acceptors (Lipinski definition) is 5. The third-order valence-corrected chi connectivity index (χ3v) is 4.68. The first-order chi connectivity index (χ1) is 13.0. The Bertz CT molecular complexity index is 726. The molecule has 27 heavy (non-hydrogen) atoms. The lowest BCUT2D eigenvalue weighted by Crippen LogP contribution is -2.17. The van der Waals surface area contributed by atoms with Gasteiger partial charge in [0.05, 0.1) is 28.4 Å². The number of rotatable bonds is 10. The minimum atomic E-state index is 0.655. The Balaban J connectivity index is 2.35. The van der Waals surface area contributed by atoms with Crippen LogP contribution in [-0.4, -0.2) is 54.0 Å². The van der Waals surface area contributed by atoms with Crippen molar-refractivity contribution in [1.82, 2.24) is 4.90 Å². The zero-order valence-electron chi connectivity index (χ0n) is 17.3. The first-order valence-electron chi connectivity index (χ1n) is 9.12. The highest BCUT2D eigenvalue weighted by atomic mass is 16.5. The Labute approximate surface area is 162 Å². The molecule has 0 unspecified atom stereocenters. The molecule has 0 N–H and O–H groups in total. The van der Waals surface area contributed by atoms with Gasteiger partial charge in [0.15, 0.2) is 11.5 Å². The highest BCUT2D eigenvalue weighted by Gasteiger charge is 2.20. The van der Waals surface area contributed by atoms with Gasteiger partial charge in [-0.3, -0.25) is 0 Å². The van der Waals surface area contributed by atoms with Gasteiger partial charge in [0.25, 0.3) is 0 Å². The molecule has 0 spiro atoms. The molecule has 0 bridgehead atoms. The van der Waals surface area contributed by atoms with E-state index in [1.54, 1.807) is 28.4 Å². The molecule has 0 fully saturated rings. The fourth-order valence-corrected chi connectivity index (χ4v) is 3.17. The van der Waals surface area contributed by atoms with Gasteiger partial charge in [0.1, 0.15) is 5.75 Å². The van der Waals surface area contributed by atoms with Crippen LogP contribution in [0.3, 0.4) is 0 Å². The SMILES string of the molecule is COc1ccc(CCc2cc(OC)c(OC)c(OC)c2CCN(C)C)cc1. The molecule has 2 aromatic carbocycles. The van der Waals surface area contributed by atoms with Crippen LogP contribution < -0.4 is 18.9 Å². The van der Waals surface area contributed by atoms with Crippen molar-refractivity contribution in [3.05, 3.63) is 47.0 Å². The van der Waals surface area contributed by atoms with Gasteiger partial charge in [0.2, 0.25) is 5.75 Å². The Morgan fingerprint density at radius 1 is 0.741 bits per heavy atom. The molecule has 5 heteroatoms. The highest BCUT2D eigenvalue weighted by molar-refractivity contribution is 5.59. The number of hydrogen-bond donors (Lipinski definition) is 0. The summed E-state index contributed by atoms with van der Waals surface area (Å²) in [6.07, 6.45) is 2.71. The average molecular weight is 373 g/mol. The molecule has 5 nitrogen and oxygen atoms in total. The summed E-state index contributed by atoms with van der Waals surface area (Å²) >= 11 is 0. The van der Waals surface area contributed by atoms with Crippen LogP contribution in [0.2, 0.25) is 0 Å². The monoisotopic (exact) mass is 373 g/mol. The molecule has 0 aliphatic heterocycles. The summed E-state index contributed by atoms with van der Waals surface area (Å²) < 4.78 is 22.1. The lowest BCUT2D eigenvalue weighted by molar-refractivity contribution is 0.319. The quantitative estimate of drug-likeness (QED) is 0.636. The fraction of sp³-hybridized carbons (Fsp3) is 0.455. The summed E-state index contributed by atoms with van der Waals surface area (Å²) in [7, 11) is 10.8. The zero-order valence-corrected chi connectivity index (χ0v) is 17.3. The van der Waals surface area contributed by atoms with E-state index in [9.17, 15) is 0 Å². The van der Waals surface area contributed by atoms with E-state index < -0.39 is 0 Å². The van der Waals surface area contributed by atoms with Crippen molar-refractivity contribution in [2.75, 3.05) is 49.1 Å². The molecule has 0 saturated carbocycles. The maximum atomic E-state index is 5.73. The third kappa shape index (κ3) is 5.30. The van der Waals surface area contributed by atoms with Gasteiger partial charge in [-0.15, -0.1) is 0 Å². The van der Waals surface area contributed by atoms with Crippen molar-refractivity contribution >= 4 is 0 Å². The van der Waals surface area contributed by atoms with Crippen molar-refractivity contribution in [2.45, 2.75) is 19.3 Å². The average Bonchev–Trinajstić information content (AvgIpc) is 2.69. The molecule has 0 saturated heterocycles. The number of benzene rings is 2. The van der Waals surface area contributed by atoms with Gasteiger partial charge in [-0.25, -0.2) is 0 Å². The van der Waals surface area contributed by atoms with Gasteiger partial charge < -0.3 is 23.8 Å². The van der Waals surface area contributed by atoms with Crippen LogP contribution in [0.1, 0.15) is 16.7 Å². The normalized spacial score (nSPS) is 10.8. The van der Waals surface area contributed by atoms with Gasteiger partial charge >= 0.3 is 0 Å². The molecule has 0 amide bonds. The van der Waals surface area contributed by atoms with E-state index in [2.05, 4.69) is 37.2 Å². The second-order valence-electron chi connectivity index (χ2n) is 6.68. The van der Waals surface area contributed by atoms with Gasteiger partial charge in [0, 0.05) is 12.1 Å². The molecular formula is C22H31NO4. The number of aryl methyl sites for hydroxylation is 2. The van der Waals surface area contributed by atoms with Crippen LogP contribution in [0.5, 0.6) is 23.0 Å². The second kappa shape index (κ2) is 10.1. The minimum Gasteiger partial charge on any atom is -0.497 e. The summed E-state index contributed by atoms with van der Waals surface area (Å²) in [5, 5.41) is 0. The standard InChI is InChI=1S/C22H31NO4/c1-23(2)14-13-19-17(10-7-16-8-11-18(24-3)12-9-16)15-20(25-4)22(27-6)21(19)26-5/h8-9,11-12,15H,7,10,13-14H2,1-6H3. The Morgan fingerprint density at radius 3 is 1.93 bits per heavy atom. The molecule has 0 aliphatic rings. The molecule has 148 valence electrons. The lowest BCUT2D eigenvalue weighted by atomic mass is 9.96. The van der Waals surface area contributed by atoms with Crippen LogP contribution in [0.25, 0.3) is 0 Å². The summed E-state index contributed by atoms with van der Waals surface area (Å²) in [6, 6.07) is 10.3. The molecule has 2 rings (SSSR count). The van der Waals surface area contributed by atoms with Crippen LogP contribution >= 0.6 is 0 Å². The molecule has 0 aliphatic carbocycles. The predicted molar refractivity (Wildman–Crippen MR) is 109 cm³/mol. The van der Waals surface area contributed by atoms with Crippen molar-refractivity contribution in [1.29, 1.82) is 0 Å². The van der Waals surface area contributed by atoms with Crippen molar-refractivity contribution in [3.63, 3.8) is 0 Å². The fourth-order valence-electron chi connectivity index (χ4n) is 3.17. The molecule has 0 heterocycles. The summed E-state index contributed by atoms with van der Waals surface area (Å²) in [5.41, 5.74) is 3.67. The number of methoxy groups -OCH3 is 4. The maximum Gasteiger partial charge on any atom is 0.203 e. The maximum absolute atomic E-state index is 5.73. The largest absolute Gasteiger partial charge is 0.497 e. The van der Waals surface area contributed by atoms with Gasteiger partial charge in [-0.05, 0) is 62.7 Å². The van der Waals surface area contributed by atoms with Crippen LogP contribution in [-0.2, 0) is 19.3 Å². The van der Waals surface area contributed by atoms with Crippen molar-refractivity contribution < 1.29 is 18.9 Å². The van der Waals surface area contributed by atoms with Crippen molar-refractivity contribution in [3.8, 4) is 23.0 Å². The van der Waals surface area contributed by atoms with Gasteiger partial charge in [-0.2, -0.15) is 0 Å². The number of ether oxygens (including phenoxy) is 4. The van der Waals surface area contributed by atoms with Crippen LogP contribution in [0.15, 0.2) is 30.3 Å². The van der Waals surface area contributed by atoms with E-state index in [0.717, 1.165) is 37.3 Å². The van der Waals surface area contributed by atoms with Gasteiger partial charge in [-0.1, -0.05) is 12.1 Å². The molecule has 0 atom stereocenters. The third-order valence-electron chi connectivity index (χ3n) is 4.68. The first-order valence-corrected chi connectivity index (χ1v) is 9.12. The minimum absolute atomic E-state index is 0.655. The Morgan fingerprint density at radius 2 is 1.41 bits per heavy atom. The highest BCUT2D eigenvalue weighted by Crippen LogP contribution is 2.42. The molecule has 0 aromatic heterocycles. The molecule has 2 aromatic rings. The van der Waals surface area contributed by atoms with E-state index in [0.29, 0.717) is 11.5 Å². The Hall–Kier alpha value is -2.40. The Kier molecular flexibility index (Phi) is 7.80. The summed E-state index contributed by atoms with van der Waals surface area (Å²) in [4.78, 5) is 2.17. The van der Waals surface area contributed by atoms with E-state index in [1.165, 1.54) is 16.7 Å². The van der Waals surface area contributed by atoms with Crippen molar-refractivity contribution in [2.24, 2.45) is 0 Å². The first kappa shape index (κ1) is 20.9. The van der Waals surface area contributed by atoms with Crippen LogP contribution in [0.4, 0.5) is 0 Å². The predicted octanol–water partition coefficient (Wildman–Crippen LogP) is 3.61. The zero-order chi connectivity index (χ0) is 19.8. The molecular weight excluding hydrogens is 342 g/mol. The summed E-state index contributed by atoms with van der Waals surface area (Å²) in [6.45, 7) is 0.932. The van der Waals surface area contributed by atoms with Crippen LogP contribution in [0, 0.1) is 0 Å². The molecule has 0 radical (unpaired) electrons. The summed E-state index contributed by atoms with van der Waals surface area (Å²) in [5.74, 6) is 3.00. The topological polar surface area (TPSA) is 40.2 Å². The van der Waals surface area contributed by atoms with E-state index in [4.69, 9.17) is 18.9 Å².